The largest absolute Gasteiger partial charge is 0.478 e. The number of carbonyl (C=O) groups excluding carboxylic acids is 1. The molecule has 0 saturated carbocycles. The number of carbonyl (C=O) groups is 2. The zero-order chi connectivity index (χ0) is 22.0. The normalized spacial score (nSPS) is 13.0. The summed E-state index contributed by atoms with van der Waals surface area (Å²) in [6.45, 7) is 1.50. The van der Waals surface area contributed by atoms with Gasteiger partial charge in [-0.2, -0.15) is 0 Å². The first kappa shape index (κ1) is 20.7. The topological polar surface area (TPSA) is 99.5 Å². The minimum Gasteiger partial charge on any atom is -0.478 e. The van der Waals surface area contributed by atoms with E-state index in [1.807, 2.05) is 48.5 Å². The number of hydrogen-bond donors (Lipinski definition) is 3. The number of amides is 1. The Balaban J connectivity index is 1.54. The van der Waals surface area contributed by atoms with Crippen LogP contribution < -0.4 is 5.32 Å². The van der Waals surface area contributed by atoms with Gasteiger partial charge in [0.05, 0.1) is 15.8 Å². The summed E-state index contributed by atoms with van der Waals surface area (Å²) in [6.07, 6.45) is 0. The number of fused-ring (bicyclic) bond motifs is 1. The van der Waals surface area contributed by atoms with E-state index in [1.165, 1.54) is 30.4 Å². The third-order valence-corrected chi connectivity index (χ3v) is 6.21. The van der Waals surface area contributed by atoms with Crippen molar-refractivity contribution in [3.8, 4) is 11.1 Å². The number of thiazole rings is 1. The number of carboxylic acid groups (broad SMARTS) is 1. The maximum absolute atomic E-state index is 12.7. The highest BCUT2D eigenvalue weighted by atomic mass is 32.1. The highest BCUT2D eigenvalue weighted by molar-refractivity contribution is 7.18. The number of nitrogens with zero attached hydrogens (tertiary/aromatic N) is 1. The number of nitrogens with one attached hydrogen (secondary N) is 1. The van der Waals surface area contributed by atoms with Crippen LogP contribution in [-0.2, 0) is 16.9 Å². The Hall–Kier alpha value is -3.55. The summed E-state index contributed by atoms with van der Waals surface area (Å²) in [5.41, 5.74) is 1.76. The van der Waals surface area contributed by atoms with Crippen LogP contribution in [0.2, 0.25) is 0 Å². The number of aromatic nitrogens is 1. The molecule has 0 aliphatic carbocycles. The predicted molar refractivity (Wildman–Crippen MR) is 120 cm³/mol. The van der Waals surface area contributed by atoms with Crippen LogP contribution in [0.4, 0.5) is 0 Å². The Morgan fingerprint density at radius 2 is 1.77 bits per heavy atom. The molecule has 156 valence electrons. The molecular formula is C24H20N2O4S. The SMILES string of the molecule is CC(O)(C(=O)NCc1cccc(C(=O)O)c1)c1nc2ccc(-c3ccccc3)cc2s1. The van der Waals surface area contributed by atoms with Gasteiger partial charge in [0, 0.05) is 6.54 Å². The number of aliphatic hydroxyl groups is 1. The zero-order valence-electron chi connectivity index (χ0n) is 16.7. The van der Waals surface area contributed by atoms with Crippen molar-refractivity contribution in [2.24, 2.45) is 0 Å². The van der Waals surface area contributed by atoms with Gasteiger partial charge in [0.15, 0.2) is 5.60 Å². The van der Waals surface area contributed by atoms with Gasteiger partial charge in [-0.15, -0.1) is 11.3 Å². The predicted octanol–water partition coefficient (Wildman–Crippen LogP) is 4.19. The van der Waals surface area contributed by atoms with Crippen molar-refractivity contribution in [1.82, 2.24) is 10.3 Å². The quantitative estimate of drug-likeness (QED) is 0.424. The maximum atomic E-state index is 12.7. The van der Waals surface area contributed by atoms with Crippen molar-refractivity contribution in [3.05, 3.63) is 88.9 Å². The first-order chi connectivity index (χ1) is 14.8. The smallest absolute Gasteiger partial charge is 0.335 e. The van der Waals surface area contributed by atoms with E-state index in [1.54, 1.807) is 12.1 Å². The molecule has 0 bridgehead atoms. The van der Waals surface area contributed by atoms with E-state index >= 15 is 0 Å². The van der Waals surface area contributed by atoms with Gasteiger partial charge in [-0.1, -0.05) is 48.5 Å². The summed E-state index contributed by atoms with van der Waals surface area (Å²) in [5.74, 6) is -1.64. The minimum absolute atomic E-state index is 0.0964. The molecular weight excluding hydrogens is 412 g/mol. The van der Waals surface area contributed by atoms with E-state index in [9.17, 15) is 14.7 Å². The average molecular weight is 433 g/mol. The van der Waals surface area contributed by atoms with E-state index in [-0.39, 0.29) is 12.1 Å². The molecule has 0 aliphatic rings. The van der Waals surface area contributed by atoms with Crippen molar-refractivity contribution in [1.29, 1.82) is 0 Å². The number of rotatable bonds is 6. The van der Waals surface area contributed by atoms with Gasteiger partial charge in [-0.3, -0.25) is 4.79 Å². The van der Waals surface area contributed by atoms with Crippen LogP contribution in [0.25, 0.3) is 21.3 Å². The molecule has 4 rings (SSSR count). The van der Waals surface area contributed by atoms with Gasteiger partial charge in [0.1, 0.15) is 5.01 Å². The number of hydrogen-bond acceptors (Lipinski definition) is 5. The molecule has 1 heterocycles. The van der Waals surface area contributed by atoms with Crippen molar-refractivity contribution >= 4 is 33.4 Å². The van der Waals surface area contributed by atoms with Crippen LogP contribution in [0.15, 0.2) is 72.8 Å². The fourth-order valence-corrected chi connectivity index (χ4v) is 4.26. The average Bonchev–Trinajstić information content (AvgIpc) is 3.22. The molecule has 1 atom stereocenters. The molecule has 0 fully saturated rings. The Morgan fingerprint density at radius 3 is 2.52 bits per heavy atom. The van der Waals surface area contributed by atoms with Crippen molar-refractivity contribution < 1.29 is 19.8 Å². The van der Waals surface area contributed by atoms with E-state index < -0.39 is 17.5 Å². The first-order valence-corrected chi connectivity index (χ1v) is 10.5. The molecule has 3 aromatic carbocycles. The van der Waals surface area contributed by atoms with Crippen LogP contribution in [-0.4, -0.2) is 27.1 Å². The number of benzene rings is 3. The summed E-state index contributed by atoms with van der Waals surface area (Å²) in [6, 6.07) is 22.1. The standard InChI is InChI=1S/C24H20N2O4S/c1-24(30,22(29)25-14-15-6-5-9-18(12-15)21(27)28)23-26-19-11-10-17(13-20(19)31-23)16-7-3-2-4-8-16/h2-13,30H,14H2,1H3,(H,25,29)(H,27,28). The molecule has 1 amide bonds. The van der Waals surface area contributed by atoms with Gasteiger partial charge in [-0.25, -0.2) is 9.78 Å². The van der Waals surface area contributed by atoms with E-state index in [0.29, 0.717) is 16.1 Å². The molecule has 0 aliphatic heterocycles. The lowest BCUT2D eigenvalue weighted by Gasteiger charge is -2.19. The summed E-state index contributed by atoms with van der Waals surface area (Å²) in [5, 5.41) is 23.0. The minimum atomic E-state index is -1.82. The molecule has 0 radical (unpaired) electrons. The summed E-state index contributed by atoms with van der Waals surface area (Å²) in [7, 11) is 0. The molecule has 1 unspecified atom stereocenters. The van der Waals surface area contributed by atoms with Crippen LogP contribution in [0, 0.1) is 0 Å². The molecule has 6 nitrogen and oxygen atoms in total. The highest BCUT2D eigenvalue weighted by Crippen LogP contribution is 2.33. The lowest BCUT2D eigenvalue weighted by Crippen LogP contribution is -2.41. The number of carboxylic acids is 1. The fraction of sp³-hybridized carbons (Fsp3) is 0.125. The Labute approximate surface area is 182 Å². The van der Waals surface area contributed by atoms with Crippen molar-refractivity contribution in [2.45, 2.75) is 19.1 Å². The Bertz CT molecular complexity index is 1270. The van der Waals surface area contributed by atoms with Gasteiger partial charge < -0.3 is 15.5 Å². The fourth-order valence-electron chi connectivity index (χ4n) is 3.21. The lowest BCUT2D eigenvalue weighted by atomic mass is 10.1. The molecule has 31 heavy (non-hydrogen) atoms. The monoisotopic (exact) mass is 432 g/mol. The van der Waals surface area contributed by atoms with E-state index in [2.05, 4.69) is 10.3 Å². The molecule has 0 spiro atoms. The Kier molecular flexibility index (Phi) is 5.54. The van der Waals surface area contributed by atoms with Crippen LogP contribution in [0.3, 0.4) is 0 Å². The van der Waals surface area contributed by atoms with Gasteiger partial charge in [0.25, 0.3) is 5.91 Å². The Morgan fingerprint density at radius 1 is 1.00 bits per heavy atom. The van der Waals surface area contributed by atoms with Crippen LogP contribution >= 0.6 is 11.3 Å². The van der Waals surface area contributed by atoms with Crippen LogP contribution in [0.5, 0.6) is 0 Å². The molecule has 0 saturated heterocycles. The molecule has 1 aromatic heterocycles. The zero-order valence-corrected chi connectivity index (χ0v) is 17.5. The summed E-state index contributed by atoms with van der Waals surface area (Å²) < 4.78 is 0.874. The van der Waals surface area contributed by atoms with Gasteiger partial charge >= 0.3 is 5.97 Å². The van der Waals surface area contributed by atoms with Crippen LogP contribution in [0.1, 0.15) is 27.9 Å². The van der Waals surface area contributed by atoms with Gasteiger partial charge in [0.2, 0.25) is 0 Å². The number of aromatic carboxylic acids is 1. The summed E-state index contributed by atoms with van der Waals surface area (Å²) >= 11 is 1.27. The van der Waals surface area contributed by atoms with Crippen molar-refractivity contribution in [2.75, 3.05) is 0 Å². The van der Waals surface area contributed by atoms with Crippen molar-refractivity contribution in [3.63, 3.8) is 0 Å². The summed E-state index contributed by atoms with van der Waals surface area (Å²) in [4.78, 5) is 28.3. The highest BCUT2D eigenvalue weighted by Gasteiger charge is 2.35. The molecule has 7 heteroatoms. The lowest BCUT2D eigenvalue weighted by molar-refractivity contribution is -0.139. The second-order valence-electron chi connectivity index (χ2n) is 7.33. The molecule has 4 aromatic rings. The third-order valence-electron chi connectivity index (χ3n) is 4.98. The third kappa shape index (κ3) is 4.33. The second-order valence-corrected chi connectivity index (χ2v) is 8.36. The molecule has 3 N–H and O–H groups in total. The second kappa shape index (κ2) is 8.29. The van der Waals surface area contributed by atoms with Gasteiger partial charge in [-0.05, 0) is 47.9 Å². The first-order valence-electron chi connectivity index (χ1n) is 9.64. The van der Waals surface area contributed by atoms with E-state index in [4.69, 9.17) is 5.11 Å². The maximum Gasteiger partial charge on any atom is 0.335 e. The van der Waals surface area contributed by atoms with E-state index in [0.717, 1.165) is 15.8 Å².